The number of nitriles is 1. The average Bonchev–Trinajstić information content (AvgIpc) is 3.10. The minimum Gasteiger partial charge on any atom is -0.350 e. The lowest BCUT2D eigenvalue weighted by molar-refractivity contribution is 0.687. The molecular formula is C19H14N6. The number of fused-ring (bicyclic) bond motifs is 1. The molecular weight excluding hydrogens is 312 g/mol. The zero-order valence-electron chi connectivity index (χ0n) is 13.3. The van der Waals surface area contributed by atoms with Crippen LogP contribution >= 0.6 is 0 Å². The molecule has 6 heteroatoms. The Morgan fingerprint density at radius 1 is 1.00 bits per heavy atom. The number of aromatic nitrogens is 4. The predicted octanol–water partition coefficient (Wildman–Crippen LogP) is 3.49. The van der Waals surface area contributed by atoms with Gasteiger partial charge in [-0.1, -0.05) is 48.5 Å². The van der Waals surface area contributed by atoms with Gasteiger partial charge in [-0.25, -0.2) is 0 Å². The molecule has 0 amide bonds. The SMILES string of the molecule is N#Cc1nnc2ccccc2c1Nc1cnn(Cc2ccccc2)c1. The molecule has 4 aromatic rings. The van der Waals surface area contributed by atoms with Crippen LogP contribution in [-0.2, 0) is 6.54 Å². The molecule has 0 unspecified atom stereocenters. The molecule has 0 spiro atoms. The normalized spacial score (nSPS) is 10.5. The molecule has 0 saturated heterocycles. The van der Waals surface area contributed by atoms with Crippen molar-refractivity contribution in [2.45, 2.75) is 6.54 Å². The van der Waals surface area contributed by atoms with E-state index >= 15 is 0 Å². The van der Waals surface area contributed by atoms with E-state index in [-0.39, 0.29) is 5.69 Å². The fourth-order valence-corrected chi connectivity index (χ4v) is 2.69. The Hall–Kier alpha value is -3.72. The van der Waals surface area contributed by atoms with E-state index in [0.717, 1.165) is 16.6 Å². The van der Waals surface area contributed by atoms with E-state index in [9.17, 15) is 5.26 Å². The molecule has 0 fully saturated rings. The third kappa shape index (κ3) is 3.03. The van der Waals surface area contributed by atoms with E-state index in [2.05, 4.69) is 38.8 Å². The first-order chi connectivity index (χ1) is 12.3. The number of hydrogen-bond acceptors (Lipinski definition) is 5. The van der Waals surface area contributed by atoms with Gasteiger partial charge in [0.15, 0.2) is 5.69 Å². The number of anilines is 2. The highest BCUT2D eigenvalue weighted by Gasteiger charge is 2.11. The van der Waals surface area contributed by atoms with E-state index in [1.54, 1.807) is 6.20 Å². The molecule has 0 aliphatic heterocycles. The summed E-state index contributed by atoms with van der Waals surface area (Å²) in [6.07, 6.45) is 3.64. The first-order valence-corrected chi connectivity index (χ1v) is 7.82. The van der Waals surface area contributed by atoms with Crippen molar-refractivity contribution in [3.05, 3.63) is 78.2 Å². The fraction of sp³-hybridized carbons (Fsp3) is 0.0526. The zero-order chi connectivity index (χ0) is 17.1. The molecule has 25 heavy (non-hydrogen) atoms. The quantitative estimate of drug-likeness (QED) is 0.621. The van der Waals surface area contributed by atoms with Gasteiger partial charge < -0.3 is 5.32 Å². The second-order valence-electron chi connectivity index (χ2n) is 5.59. The number of nitrogens with zero attached hydrogens (tertiary/aromatic N) is 5. The Morgan fingerprint density at radius 2 is 1.80 bits per heavy atom. The molecule has 0 aliphatic carbocycles. The third-order valence-electron chi connectivity index (χ3n) is 3.86. The summed E-state index contributed by atoms with van der Waals surface area (Å²) in [5.41, 5.74) is 3.61. The summed E-state index contributed by atoms with van der Waals surface area (Å²) < 4.78 is 1.85. The molecule has 2 heterocycles. The van der Waals surface area contributed by atoms with Gasteiger partial charge in [-0.05, 0) is 11.6 Å². The van der Waals surface area contributed by atoms with Crippen molar-refractivity contribution in [1.82, 2.24) is 20.0 Å². The standard InChI is InChI=1S/C19H14N6/c20-10-18-19(16-8-4-5-9-17(16)23-24-18)22-15-11-21-25(13-15)12-14-6-2-1-3-7-14/h1-9,11,13H,12H2,(H,22,23). The topological polar surface area (TPSA) is 79.4 Å². The van der Waals surface area contributed by atoms with Crippen molar-refractivity contribution >= 4 is 22.3 Å². The van der Waals surface area contributed by atoms with Gasteiger partial charge in [0.1, 0.15) is 6.07 Å². The Labute approximate surface area is 144 Å². The smallest absolute Gasteiger partial charge is 0.187 e. The zero-order valence-corrected chi connectivity index (χ0v) is 13.3. The van der Waals surface area contributed by atoms with Crippen LogP contribution in [-0.4, -0.2) is 20.0 Å². The van der Waals surface area contributed by atoms with E-state index in [4.69, 9.17) is 0 Å². The maximum Gasteiger partial charge on any atom is 0.187 e. The predicted molar refractivity (Wildman–Crippen MR) is 95.3 cm³/mol. The maximum atomic E-state index is 9.34. The molecule has 120 valence electrons. The Balaban J connectivity index is 1.65. The van der Waals surface area contributed by atoms with Gasteiger partial charge in [0.05, 0.1) is 29.6 Å². The van der Waals surface area contributed by atoms with Gasteiger partial charge in [0.2, 0.25) is 0 Å². The minimum atomic E-state index is 0.259. The average molecular weight is 326 g/mol. The Kier molecular flexibility index (Phi) is 3.81. The van der Waals surface area contributed by atoms with Gasteiger partial charge in [-0.15, -0.1) is 10.2 Å². The van der Waals surface area contributed by atoms with Crippen LogP contribution < -0.4 is 5.32 Å². The van der Waals surface area contributed by atoms with Crippen LogP contribution in [0.2, 0.25) is 0 Å². The van der Waals surface area contributed by atoms with Gasteiger partial charge >= 0.3 is 0 Å². The summed E-state index contributed by atoms with van der Waals surface area (Å²) >= 11 is 0. The van der Waals surface area contributed by atoms with Crippen molar-refractivity contribution in [3.8, 4) is 6.07 Å². The van der Waals surface area contributed by atoms with Crippen LogP contribution in [0.25, 0.3) is 10.9 Å². The van der Waals surface area contributed by atoms with Crippen molar-refractivity contribution in [2.24, 2.45) is 0 Å². The van der Waals surface area contributed by atoms with Crippen LogP contribution in [0, 0.1) is 11.3 Å². The molecule has 2 aromatic carbocycles. The van der Waals surface area contributed by atoms with E-state index < -0.39 is 0 Å². The van der Waals surface area contributed by atoms with Crippen LogP contribution in [0.5, 0.6) is 0 Å². The molecule has 2 aromatic heterocycles. The van der Waals surface area contributed by atoms with Crippen LogP contribution in [0.1, 0.15) is 11.3 Å². The second kappa shape index (κ2) is 6.42. The molecule has 0 radical (unpaired) electrons. The molecule has 6 nitrogen and oxygen atoms in total. The van der Waals surface area contributed by atoms with E-state index in [0.29, 0.717) is 12.2 Å². The van der Waals surface area contributed by atoms with Gasteiger partial charge in [-0.3, -0.25) is 4.68 Å². The summed E-state index contributed by atoms with van der Waals surface area (Å²) in [6.45, 7) is 0.684. The molecule has 0 saturated carbocycles. The van der Waals surface area contributed by atoms with Crippen molar-refractivity contribution < 1.29 is 0 Å². The summed E-state index contributed by atoms with van der Waals surface area (Å²) in [5, 5.41) is 25.9. The third-order valence-corrected chi connectivity index (χ3v) is 3.86. The largest absolute Gasteiger partial charge is 0.350 e. The highest BCUT2D eigenvalue weighted by Crippen LogP contribution is 2.27. The lowest BCUT2D eigenvalue weighted by atomic mass is 10.1. The highest BCUT2D eigenvalue weighted by molar-refractivity contribution is 5.94. The number of nitrogens with one attached hydrogen (secondary N) is 1. The van der Waals surface area contributed by atoms with Crippen LogP contribution in [0.3, 0.4) is 0 Å². The summed E-state index contributed by atoms with van der Waals surface area (Å²) in [7, 11) is 0. The lowest BCUT2D eigenvalue weighted by Gasteiger charge is -2.08. The molecule has 0 bridgehead atoms. The first kappa shape index (κ1) is 14.8. The number of hydrogen-bond donors (Lipinski definition) is 1. The lowest BCUT2D eigenvalue weighted by Crippen LogP contribution is -2.00. The monoisotopic (exact) mass is 326 g/mol. The highest BCUT2D eigenvalue weighted by atomic mass is 15.3. The van der Waals surface area contributed by atoms with Crippen molar-refractivity contribution in [1.29, 1.82) is 5.26 Å². The summed E-state index contributed by atoms with van der Waals surface area (Å²) in [6, 6.07) is 19.8. The van der Waals surface area contributed by atoms with Gasteiger partial charge in [-0.2, -0.15) is 10.4 Å². The van der Waals surface area contributed by atoms with E-state index in [1.807, 2.05) is 53.3 Å². The Morgan fingerprint density at radius 3 is 2.64 bits per heavy atom. The molecule has 0 atom stereocenters. The fourth-order valence-electron chi connectivity index (χ4n) is 2.69. The van der Waals surface area contributed by atoms with Crippen LogP contribution in [0.4, 0.5) is 11.4 Å². The second-order valence-corrected chi connectivity index (χ2v) is 5.59. The molecule has 1 N–H and O–H groups in total. The number of benzene rings is 2. The summed E-state index contributed by atoms with van der Waals surface area (Å²) in [5.74, 6) is 0. The van der Waals surface area contributed by atoms with Gasteiger partial charge in [0.25, 0.3) is 0 Å². The van der Waals surface area contributed by atoms with Crippen molar-refractivity contribution in [3.63, 3.8) is 0 Å². The molecule has 0 aliphatic rings. The maximum absolute atomic E-state index is 9.34. The minimum absolute atomic E-state index is 0.259. The first-order valence-electron chi connectivity index (χ1n) is 7.82. The number of rotatable bonds is 4. The molecule has 4 rings (SSSR count). The summed E-state index contributed by atoms with van der Waals surface area (Å²) in [4.78, 5) is 0. The van der Waals surface area contributed by atoms with Crippen molar-refractivity contribution in [2.75, 3.05) is 5.32 Å². The van der Waals surface area contributed by atoms with Crippen LogP contribution in [0.15, 0.2) is 67.0 Å². The van der Waals surface area contributed by atoms with Gasteiger partial charge in [0, 0.05) is 11.6 Å². The Bertz CT molecular complexity index is 1060. The van der Waals surface area contributed by atoms with E-state index in [1.165, 1.54) is 5.56 Å².